The molecule has 1 amide bonds. The lowest BCUT2D eigenvalue weighted by molar-refractivity contribution is -0.122. The zero-order valence-electron chi connectivity index (χ0n) is 19.4. The van der Waals surface area contributed by atoms with Gasteiger partial charge in [-0.3, -0.25) is 9.48 Å². The van der Waals surface area contributed by atoms with Crippen molar-refractivity contribution in [2.24, 2.45) is 7.05 Å². The Bertz CT molecular complexity index is 1160. The third-order valence-electron chi connectivity index (χ3n) is 6.44. The number of amides is 1. The molecule has 1 aliphatic heterocycles. The van der Waals surface area contributed by atoms with Gasteiger partial charge in [0.2, 0.25) is 5.91 Å². The van der Waals surface area contributed by atoms with Crippen LogP contribution in [0.15, 0.2) is 42.7 Å². The van der Waals surface area contributed by atoms with Crippen molar-refractivity contribution in [3.8, 4) is 22.8 Å². The lowest BCUT2D eigenvalue weighted by Crippen LogP contribution is -2.45. The highest BCUT2D eigenvalue weighted by atomic mass is 16.6. The van der Waals surface area contributed by atoms with Crippen molar-refractivity contribution in [1.82, 2.24) is 20.1 Å². The molecule has 1 aromatic carbocycles. The Morgan fingerprint density at radius 1 is 1.15 bits per heavy atom. The van der Waals surface area contributed by atoms with Gasteiger partial charge in [-0.2, -0.15) is 5.10 Å². The van der Waals surface area contributed by atoms with E-state index >= 15 is 0 Å². The van der Waals surface area contributed by atoms with E-state index in [4.69, 9.17) is 9.47 Å². The van der Waals surface area contributed by atoms with Gasteiger partial charge in [-0.05, 0) is 30.0 Å². The first-order valence-corrected chi connectivity index (χ1v) is 11.9. The van der Waals surface area contributed by atoms with Crippen molar-refractivity contribution in [1.29, 1.82) is 0 Å². The van der Waals surface area contributed by atoms with Crippen LogP contribution < -0.4 is 14.8 Å². The molecule has 2 aromatic heterocycles. The molecule has 5 rings (SSSR count). The van der Waals surface area contributed by atoms with Crippen LogP contribution in [0.1, 0.15) is 42.5 Å². The predicted molar refractivity (Wildman–Crippen MR) is 127 cm³/mol. The fourth-order valence-electron chi connectivity index (χ4n) is 4.68. The Kier molecular flexibility index (Phi) is 6.49. The van der Waals surface area contributed by atoms with Crippen molar-refractivity contribution in [3.63, 3.8) is 0 Å². The molecule has 1 aliphatic carbocycles. The van der Waals surface area contributed by atoms with Crippen LogP contribution in [0.4, 0.5) is 0 Å². The second-order valence-corrected chi connectivity index (χ2v) is 9.08. The maximum Gasteiger partial charge on any atom is 0.257 e. The first kappa shape index (κ1) is 22.4. The van der Waals surface area contributed by atoms with Gasteiger partial charge in [-0.1, -0.05) is 37.1 Å². The van der Waals surface area contributed by atoms with Crippen LogP contribution in [0.2, 0.25) is 0 Å². The highest BCUT2D eigenvalue weighted by Gasteiger charge is 2.25. The van der Waals surface area contributed by atoms with Crippen LogP contribution in [-0.2, 0) is 24.7 Å². The van der Waals surface area contributed by atoms with E-state index in [1.807, 2.05) is 25.5 Å². The van der Waals surface area contributed by atoms with E-state index in [9.17, 15) is 9.90 Å². The Hall–Kier alpha value is -3.39. The lowest BCUT2D eigenvalue weighted by Gasteiger charge is -2.28. The Morgan fingerprint density at radius 3 is 2.71 bits per heavy atom. The number of aryl methyl sites for hydroxylation is 1. The van der Waals surface area contributed by atoms with E-state index in [0.29, 0.717) is 37.0 Å². The Labute approximate surface area is 198 Å². The minimum absolute atomic E-state index is 0.132. The predicted octanol–water partition coefficient (Wildman–Crippen LogP) is 2.81. The molecular weight excluding hydrogens is 432 g/mol. The number of nitrogens with one attached hydrogen (secondary N) is 1. The first-order chi connectivity index (χ1) is 16.5. The van der Waals surface area contributed by atoms with E-state index in [-0.39, 0.29) is 18.4 Å². The molecule has 0 unspecified atom stereocenters. The second kappa shape index (κ2) is 9.85. The summed E-state index contributed by atoms with van der Waals surface area (Å²) in [6.45, 7) is 0.907. The average molecular weight is 463 g/mol. The molecule has 178 valence electrons. The number of hydrogen-bond donors (Lipinski definition) is 2. The molecule has 0 saturated heterocycles. The highest BCUT2D eigenvalue weighted by Crippen LogP contribution is 2.34. The van der Waals surface area contributed by atoms with Crippen LogP contribution in [0.3, 0.4) is 0 Å². The minimum atomic E-state index is -0.476. The molecule has 34 heavy (non-hydrogen) atoms. The third kappa shape index (κ3) is 5.07. The number of fused-ring (bicyclic) bond motifs is 1. The summed E-state index contributed by atoms with van der Waals surface area (Å²) in [4.78, 5) is 17.2. The van der Waals surface area contributed by atoms with E-state index < -0.39 is 6.10 Å². The number of carbonyl (C=O) groups excluding carboxylic acids is 1. The number of nitrogens with zero attached hydrogens (tertiary/aromatic N) is 3. The van der Waals surface area contributed by atoms with Crippen molar-refractivity contribution < 1.29 is 19.4 Å². The van der Waals surface area contributed by atoms with Crippen LogP contribution in [0, 0.1) is 0 Å². The molecule has 3 aromatic rings. The van der Waals surface area contributed by atoms with Gasteiger partial charge in [-0.25, -0.2) is 4.98 Å². The molecule has 2 atom stereocenters. The Morgan fingerprint density at radius 2 is 1.94 bits per heavy atom. The summed E-state index contributed by atoms with van der Waals surface area (Å²) in [5.41, 5.74) is 4.88. The summed E-state index contributed by atoms with van der Waals surface area (Å²) < 4.78 is 13.4. The number of aromatic nitrogens is 3. The van der Waals surface area contributed by atoms with Crippen LogP contribution in [0.25, 0.3) is 11.1 Å². The summed E-state index contributed by atoms with van der Waals surface area (Å²) >= 11 is 0. The molecule has 8 heteroatoms. The lowest BCUT2D eigenvalue weighted by atomic mass is 9.92. The van der Waals surface area contributed by atoms with Gasteiger partial charge in [0.1, 0.15) is 13.2 Å². The summed E-state index contributed by atoms with van der Waals surface area (Å²) in [5, 5.41) is 17.4. The van der Waals surface area contributed by atoms with Crippen LogP contribution >= 0.6 is 0 Å². The highest BCUT2D eigenvalue weighted by molar-refractivity contribution is 5.78. The van der Waals surface area contributed by atoms with Gasteiger partial charge in [0.05, 0.1) is 30.5 Å². The number of carbonyl (C=O) groups is 1. The number of aliphatic hydroxyl groups is 1. The van der Waals surface area contributed by atoms with Gasteiger partial charge in [-0.15, -0.1) is 0 Å². The second-order valence-electron chi connectivity index (χ2n) is 9.08. The zero-order valence-corrected chi connectivity index (χ0v) is 19.4. The fraction of sp³-hybridized carbons (Fsp3) is 0.423. The molecule has 2 aliphatic rings. The normalized spacial score (nSPS) is 19.6. The topological polar surface area (TPSA) is 98.5 Å². The monoisotopic (exact) mass is 462 g/mol. The minimum Gasteiger partial charge on any atom is -0.484 e. The summed E-state index contributed by atoms with van der Waals surface area (Å²) in [5.74, 6) is 0.951. The quantitative estimate of drug-likeness (QED) is 0.585. The van der Waals surface area contributed by atoms with Crippen molar-refractivity contribution in [2.75, 3.05) is 13.2 Å². The number of rotatable bonds is 6. The largest absolute Gasteiger partial charge is 0.484 e. The number of ether oxygens (including phenoxy) is 2. The molecule has 0 spiro atoms. The molecule has 1 saturated carbocycles. The summed E-state index contributed by atoms with van der Waals surface area (Å²) in [7, 11) is 1.90. The van der Waals surface area contributed by atoms with Crippen molar-refractivity contribution in [2.45, 2.75) is 50.7 Å². The molecule has 2 N–H and O–H groups in total. The molecule has 0 bridgehead atoms. The van der Waals surface area contributed by atoms with E-state index in [0.717, 1.165) is 47.9 Å². The van der Waals surface area contributed by atoms with Gasteiger partial charge in [0.15, 0.2) is 5.75 Å². The van der Waals surface area contributed by atoms with Gasteiger partial charge in [0.25, 0.3) is 5.88 Å². The molecule has 8 nitrogen and oxygen atoms in total. The number of aliphatic hydroxyl groups excluding tert-OH is 1. The van der Waals surface area contributed by atoms with Crippen LogP contribution in [0.5, 0.6) is 11.6 Å². The number of benzene rings is 1. The first-order valence-electron chi connectivity index (χ1n) is 11.9. The van der Waals surface area contributed by atoms with Crippen molar-refractivity contribution in [3.05, 3.63) is 59.5 Å². The maximum atomic E-state index is 12.7. The Balaban J connectivity index is 1.33. The van der Waals surface area contributed by atoms with Crippen LogP contribution in [-0.4, -0.2) is 51.1 Å². The summed E-state index contributed by atoms with van der Waals surface area (Å²) in [6.07, 6.45) is 7.70. The van der Waals surface area contributed by atoms with E-state index in [2.05, 4.69) is 39.7 Å². The van der Waals surface area contributed by atoms with E-state index in [1.54, 1.807) is 4.68 Å². The molecule has 1 fully saturated rings. The molecule has 0 radical (unpaired) electrons. The zero-order chi connectivity index (χ0) is 23.5. The van der Waals surface area contributed by atoms with Crippen molar-refractivity contribution >= 4 is 5.91 Å². The SMILES string of the molecule is Cn1cc(-c2ccc(Cc3cc(CC(=O)N[C@H]4CCCC[C@@H]4O)nc4c3OCCO4)cc2)cn1. The van der Waals surface area contributed by atoms with Gasteiger partial charge >= 0.3 is 0 Å². The van der Waals surface area contributed by atoms with Gasteiger partial charge < -0.3 is 19.9 Å². The standard InChI is InChI=1S/C26H30N4O4/c1-30-16-20(15-27-30)18-8-6-17(7-9-18)12-19-13-21(28-26-25(19)33-10-11-34-26)14-24(32)29-22-4-2-3-5-23(22)31/h6-9,13,15-16,22-23,31H,2-5,10-12,14H2,1H3,(H,29,32)/t22-,23-/m0/s1. The number of pyridine rings is 1. The summed E-state index contributed by atoms with van der Waals surface area (Å²) in [6, 6.07) is 10.1. The van der Waals surface area contributed by atoms with Gasteiger partial charge in [0, 0.05) is 30.8 Å². The smallest absolute Gasteiger partial charge is 0.257 e. The molecular formula is C26H30N4O4. The molecule has 3 heterocycles. The third-order valence-corrected chi connectivity index (χ3v) is 6.44. The maximum absolute atomic E-state index is 12.7. The number of hydrogen-bond acceptors (Lipinski definition) is 6. The average Bonchev–Trinajstić information content (AvgIpc) is 3.27. The van der Waals surface area contributed by atoms with E-state index in [1.165, 1.54) is 0 Å². The fourth-order valence-corrected chi connectivity index (χ4v) is 4.68.